The number of ether oxygens (including phenoxy) is 3. The number of benzene rings is 1. The Bertz CT molecular complexity index is 502. The predicted molar refractivity (Wildman–Crippen MR) is 93.0 cm³/mol. The summed E-state index contributed by atoms with van der Waals surface area (Å²) in [4.78, 5) is 12.1. The molecule has 134 valence electrons. The largest absolute Gasteiger partial charge is 0.378 e. The number of carbonyl (C=O) groups excluding carboxylic acids is 1. The normalized spacial score (nSPS) is 17.9. The topological polar surface area (TPSA) is 68.8 Å². The Labute approximate surface area is 143 Å². The van der Waals surface area contributed by atoms with E-state index >= 15 is 0 Å². The Morgan fingerprint density at radius 2 is 2.29 bits per heavy atom. The molecule has 0 radical (unpaired) electrons. The third kappa shape index (κ3) is 7.40. The molecule has 0 saturated carbocycles. The van der Waals surface area contributed by atoms with E-state index in [9.17, 15) is 4.79 Å². The zero-order valence-corrected chi connectivity index (χ0v) is 14.5. The zero-order chi connectivity index (χ0) is 17.2. The maximum Gasteiger partial charge on any atom is 0.226 e. The molecule has 1 heterocycles. The molecule has 0 bridgehead atoms. The van der Waals surface area contributed by atoms with Gasteiger partial charge in [0.1, 0.15) is 0 Å². The number of nitrogens with one attached hydrogen (secondary N) is 2. The molecule has 1 unspecified atom stereocenters. The highest BCUT2D eigenvalue weighted by Crippen LogP contribution is 2.12. The molecule has 1 fully saturated rings. The first kappa shape index (κ1) is 18.9. The van der Waals surface area contributed by atoms with Crippen molar-refractivity contribution in [3.8, 4) is 0 Å². The van der Waals surface area contributed by atoms with Gasteiger partial charge < -0.3 is 24.8 Å². The summed E-state index contributed by atoms with van der Waals surface area (Å²) < 4.78 is 16.4. The summed E-state index contributed by atoms with van der Waals surface area (Å²) in [6.07, 6.45) is 0.629. The van der Waals surface area contributed by atoms with Gasteiger partial charge in [0.2, 0.25) is 5.91 Å². The smallest absolute Gasteiger partial charge is 0.226 e. The number of morpholine rings is 1. The van der Waals surface area contributed by atoms with Crippen LogP contribution in [0.3, 0.4) is 0 Å². The lowest BCUT2D eigenvalue weighted by atomic mass is 10.1. The molecule has 24 heavy (non-hydrogen) atoms. The van der Waals surface area contributed by atoms with Crippen molar-refractivity contribution in [2.45, 2.75) is 39.0 Å². The zero-order valence-electron chi connectivity index (χ0n) is 14.5. The second-order valence-electron chi connectivity index (χ2n) is 6.15. The highest BCUT2D eigenvalue weighted by atomic mass is 16.5. The molecular formula is C18H28N2O4. The number of carbonyl (C=O) groups is 1. The summed E-state index contributed by atoms with van der Waals surface area (Å²) in [7, 11) is 0. The van der Waals surface area contributed by atoms with Crippen molar-refractivity contribution >= 4 is 11.6 Å². The van der Waals surface area contributed by atoms with Crippen LogP contribution in [-0.4, -0.2) is 51.0 Å². The molecule has 0 spiro atoms. The van der Waals surface area contributed by atoms with Crippen LogP contribution in [0.25, 0.3) is 0 Å². The maximum atomic E-state index is 12.1. The second kappa shape index (κ2) is 10.4. The molecule has 0 aliphatic carbocycles. The summed E-state index contributed by atoms with van der Waals surface area (Å²) in [5.74, 6) is -0.0126. The average molecular weight is 336 g/mol. The molecule has 6 heteroatoms. The van der Waals surface area contributed by atoms with E-state index in [1.54, 1.807) is 0 Å². The highest BCUT2D eigenvalue weighted by molar-refractivity contribution is 5.91. The quantitative estimate of drug-likeness (QED) is 0.675. The molecule has 6 nitrogen and oxygen atoms in total. The lowest BCUT2D eigenvalue weighted by Gasteiger charge is -2.23. The van der Waals surface area contributed by atoms with Gasteiger partial charge in [0, 0.05) is 24.7 Å². The predicted octanol–water partition coefficient (Wildman–Crippen LogP) is 1.95. The van der Waals surface area contributed by atoms with Gasteiger partial charge in [-0.1, -0.05) is 12.1 Å². The lowest BCUT2D eigenvalue weighted by molar-refractivity contribution is -0.117. The molecule has 2 rings (SSSR count). The number of rotatable bonds is 9. The average Bonchev–Trinajstić information content (AvgIpc) is 2.55. The van der Waals surface area contributed by atoms with Gasteiger partial charge >= 0.3 is 0 Å². The molecule has 0 aromatic heterocycles. The Hall–Kier alpha value is -1.47. The summed E-state index contributed by atoms with van der Waals surface area (Å²) in [6, 6.07) is 7.81. The van der Waals surface area contributed by atoms with Gasteiger partial charge in [-0.05, 0) is 31.5 Å². The van der Waals surface area contributed by atoms with E-state index in [0.717, 1.165) is 17.8 Å². The third-order valence-electron chi connectivity index (χ3n) is 3.59. The van der Waals surface area contributed by atoms with E-state index in [4.69, 9.17) is 14.2 Å². The van der Waals surface area contributed by atoms with Crippen LogP contribution >= 0.6 is 0 Å². The fraction of sp³-hybridized carbons (Fsp3) is 0.611. The minimum absolute atomic E-state index is 0.0126. The molecule has 1 atom stereocenters. The van der Waals surface area contributed by atoms with Crippen LogP contribution in [0.15, 0.2) is 24.3 Å². The van der Waals surface area contributed by atoms with E-state index in [1.165, 1.54) is 0 Å². The van der Waals surface area contributed by atoms with E-state index < -0.39 is 0 Å². The molecule has 1 aromatic rings. The van der Waals surface area contributed by atoms with Gasteiger partial charge in [-0.3, -0.25) is 4.79 Å². The molecule has 1 aromatic carbocycles. The summed E-state index contributed by atoms with van der Waals surface area (Å²) in [5.41, 5.74) is 1.81. The van der Waals surface area contributed by atoms with Crippen molar-refractivity contribution in [2.75, 3.05) is 38.3 Å². The molecule has 1 saturated heterocycles. The minimum atomic E-state index is -0.0126. The Morgan fingerprint density at radius 1 is 1.42 bits per heavy atom. The van der Waals surface area contributed by atoms with Crippen LogP contribution < -0.4 is 10.6 Å². The maximum absolute atomic E-state index is 12.1. The van der Waals surface area contributed by atoms with Crippen LogP contribution in [0.5, 0.6) is 0 Å². The summed E-state index contributed by atoms with van der Waals surface area (Å²) in [6.45, 7) is 7.74. The molecule has 1 aliphatic heterocycles. The van der Waals surface area contributed by atoms with E-state index in [2.05, 4.69) is 10.6 Å². The van der Waals surface area contributed by atoms with Crippen molar-refractivity contribution in [1.82, 2.24) is 5.32 Å². The van der Waals surface area contributed by atoms with Gasteiger partial charge in [0.05, 0.1) is 39.1 Å². The van der Waals surface area contributed by atoms with E-state index in [-0.39, 0.29) is 18.1 Å². The first-order valence-electron chi connectivity index (χ1n) is 8.53. The summed E-state index contributed by atoms with van der Waals surface area (Å²) in [5, 5.41) is 6.21. The van der Waals surface area contributed by atoms with Crippen molar-refractivity contribution in [2.24, 2.45) is 0 Å². The van der Waals surface area contributed by atoms with Gasteiger partial charge in [-0.25, -0.2) is 0 Å². The Morgan fingerprint density at radius 3 is 3.04 bits per heavy atom. The first-order valence-corrected chi connectivity index (χ1v) is 8.53. The van der Waals surface area contributed by atoms with E-state index in [0.29, 0.717) is 39.5 Å². The lowest BCUT2D eigenvalue weighted by Crippen LogP contribution is -2.43. The summed E-state index contributed by atoms with van der Waals surface area (Å²) >= 11 is 0. The monoisotopic (exact) mass is 336 g/mol. The van der Waals surface area contributed by atoms with Crippen LogP contribution in [0.2, 0.25) is 0 Å². The van der Waals surface area contributed by atoms with Crippen molar-refractivity contribution < 1.29 is 19.0 Å². The highest BCUT2D eigenvalue weighted by Gasteiger charge is 2.16. The van der Waals surface area contributed by atoms with Crippen molar-refractivity contribution in [3.63, 3.8) is 0 Å². The fourth-order valence-electron chi connectivity index (χ4n) is 2.46. The van der Waals surface area contributed by atoms with Gasteiger partial charge in [-0.2, -0.15) is 0 Å². The van der Waals surface area contributed by atoms with Gasteiger partial charge in [0.25, 0.3) is 0 Å². The first-order chi connectivity index (χ1) is 11.6. The minimum Gasteiger partial charge on any atom is -0.378 e. The van der Waals surface area contributed by atoms with Gasteiger partial charge in [0.15, 0.2) is 0 Å². The van der Waals surface area contributed by atoms with E-state index in [1.807, 2.05) is 38.1 Å². The molecule has 1 aliphatic rings. The Kier molecular flexibility index (Phi) is 8.18. The van der Waals surface area contributed by atoms with Crippen molar-refractivity contribution in [3.05, 3.63) is 29.8 Å². The third-order valence-corrected chi connectivity index (χ3v) is 3.59. The number of anilines is 1. The van der Waals surface area contributed by atoms with Crippen LogP contribution in [-0.2, 0) is 25.6 Å². The fourth-order valence-corrected chi connectivity index (χ4v) is 2.46. The second-order valence-corrected chi connectivity index (χ2v) is 6.15. The van der Waals surface area contributed by atoms with Crippen LogP contribution in [0.4, 0.5) is 5.69 Å². The van der Waals surface area contributed by atoms with Crippen LogP contribution in [0, 0.1) is 0 Å². The van der Waals surface area contributed by atoms with Gasteiger partial charge in [-0.15, -0.1) is 0 Å². The number of hydrogen-bond donors (Lipinski definition) is 2. The standard InChI is InChI=1S/C18H28N2O4/c1-14(2)24-9-8-23-12-15-4-3-5-16(10-15)20-18(21)11-17-13-22-7-6-19-17/h3-5,10,14,17,19H,6-9,11-13H2,1-2H3,(H,20,21). The van der Waals surface area contributed by atoms with Crippen LogP contribution in [0.1, 0.15) is 25.8 Å². The Balaban J connectivity index is 1.72. The molecule has 1 amide bonds. The SMILES string of the molecule is CC(C)OCCOCc1cccc(NC(=O)CC2COCCN2)c1. The molecule has 2 N–H and O–H groups in total. The number of amides is 1. The molecular weight excluding hydrogens is 308 g/mol. The van der Waals surface area contributed by atoms with Crippen molar-refractivity contribution in [1.29, 1.82) is 0 Å². The number of hydrogen-bond acceptors (Lipinski definition) is 5.